The zero-order valence-electron chi connectivity index (χ0n) is 16.6. The number of hydrogen-bond acceptors (Lipinski definition) is 5. The van der Waals surface area contributed by atoms with E-state index in [1.807, 2.05) is 18.2 Å². The first-order valence-corrected chi connectivity index (χ1v) is 10.8. The minimum Gasteiger partial charge on any atom is -0.497 e. The molecule has 1 amide bonds. The Morgan fingerprint density at radius 1 is 0.903 bits per heavy atom. The number of amidine groups is 1. The van der Waals surface area contributed by atoms with Gasteiger partial charge in [-0.25, -0.2) is 0 Å². The molecule has 31 heavy (non-hydrogen) atoms. The lowest BCUT2D eigenvalue weighted by Gasteiger charge is -2.13. The first-order chi connectivity index (χ1) is 14.9. The number of benzene rings is 3. The summed E-state index contributed by atoms with van der Waals surface area (Å²) in [5.74, 6) is 0.0894. The number of nitrogens with two attached hydrogens (primary N) is 1. The molecule has 0 aromatic heterocycles. The van der Waals surface area contributed by atoms with Crippen molar-refractivity contribution >= 4 is 37.9 Å². The van der Waals surface area contributed by atoms with Gasteiger partial charge in [0, 0.05) is 5.57 Å². The standard InChI is InChI=1S/C23H19N3O4S/c1-30-17-13-11-16(12-14-17)21-20(15-7-3-2-4-8-15)23(26-31(21,28)29)25-19-10-6-5-9-18(19)22(24)27/h2-14H,1H3,(H2,24,27)(H,25,26). The fourth-order valence-electron chi connectivity index (χ4n) is 3.38. The van der Waals surface area contributed by atoms with Gasteiger partial charge in [-0.3, -0.25) is 4.79 Å². The molecular weight excluding hydrogens is 414 g/mol. The van der Waals surface area contributed by atoms with E-state index in [9.17, 15) is 13.2 Å². The van der Waals surface area contributed by atoms with Crippen molar-refractivity contribution in [2.45, 2.75) is 0 Å². The van der Waals surface area contributed by atoms with Gasteiger partial charge in [0.25, 0.3) is 15.9 Å². The summed E-state index contributed by atoms with van der Waals surface area (Å²) in [5, 5.41) is 3.00. The van der Waals surface area contributed by atoms with Crippen LogP contribution in [-0.4, -0.2) is 27.3 Å². The predicted octanol–water partition coefficient (Wildman–Crippen LogP) is 3.52. The zero-order valence-corrected chi connectivity index (χ0v) is 17.4. The van der Waals surface area contributed by atoms with Gasteiger partial charge in [0.15, 0.2) is 5.84 Å². The van der Waals surface area contributed by atoms with Gasteiger partial charge in [-0.2, -0.15) is 8.42 Å². The minimum atomic E-state index is -4.01. The Morgan fingerprint density at radius 2 is 1.55 bits per heavy atom. The molecular formula is C23H19N3O4S. The number of nitrogens with one attached hydrogen (secondary N) is 1. The normalized spacial score (nSPS) is 14.8. The van der Waals surface area contributed by atoms with Gasteiger partial charge in [0.05, 0.1) is 18.4 Å². The van der Waals surface area contributed by atoms with Crippen LogP contribution in [0.5, 0.6) is 5.75 Å². The number of primary amides is 1. The first kappa shape index (κ1) is 20.4. The molecule has 0 radical (unpaired) electrons. The predicted molar refractivity (Wildman–Crippen MR) is 121 cm³/mol. The zero-order chi connectivity index (χ0) is 22.0. The molecule has 0 bridgehead atoms. The number of amides is 1. The lowest BCUT2D eigenvalue weighted by Crippen LogP contribution is -2.18. The molecule has 0 spiro atoms. The number of carbonyl (C=O) groups excluding carboxylic acids is 1. The Hall–Kier alpha value is -3.91. The van der Waals surface area contributed by atoms with E-state index in [0.29, 0.717) is 28.1 Å². The molecule has 3 N–H and O–H groups in total. The lowest BCUT2D eigenvalue weighted by atomic mass is 10.0. The topological polar surface area (TPSA) is 111 Å². The number of nitrogens with zero attached hydrogens (tertiary/aromatic N) is 1. The van der Waals surface area contributed by atoms with E-state index in [-0.39, 0.29) is 16.3 Å². The van der Waals surface area contributed by atoms with Gasteiger partial charge >= 0.3 is 0 Å². The monoisotopic (exact) mass is 433 g/mol. The van der Waals surface area contributed by atoms with Crippen LogP contribution in [0.2, 0.25) is 0 Å². The van der Waals surface area contributed by atoms with Crippen LogP contribution in [0.4, 0.5) is 5.69 Å². The van der Waals surface area contributed by atoms with Crippen LogP contribution in [0.3, 0.4) is 0 Å². The molecule has 1 heterocycles. The average molecular weight is 433 g/mol. The quantitative estimate of drug-likeness (QED) is 0.640. The highest BCUT2D eigenvalue weighted by molar-refractivity contribution is 8.00. The number of sulfonamides is 1. The average Bonchev–Trinajstić information content (AvgIpc) is 3.04. The summed E-state index contributed by atoms with van der Waals surface area (Å²) >= 11 is 0. The van der Waals surface area contributed by atoms with Crippen molar-refractivity contribution < 1.29 is 17.9 Å². The highest BCUT2D eigenvalue weighted by Gasteiger charge is 2.34. The van der Waals surface area contributed by atoms with Crippen LogP contribution in [-0.2, 0) is 10.0 Å². The fourth-order valence-corrected chi connectivity index (χ4v) is 4.75. The smallest absolute Gasteiger partial charge is 0.285 e. The number of carbonyl (C=O) groups is 1. The van der Waals surface area contributed by atoms with Crippen molar-refractivity contribution in [1.82, 2.24) is 0 Å². The second-order valence-electron chi connectivity index (χ2n) is 6.75. The Balaban J connectivity index is 1.91. The minimum absolute atomic E-state index is 0.0698. The summed E-state index contributed by atoms with van der Waals surface area (Å²) in [4.78, 5) is 11.9. The molecule has 1 aliphatic rings. The summed E-state index contributed by atoms with van der Waals surface area (Å²) in [6, 6.07) is 22.4. The summed E-state index contributed by atoms with van der Waals surface area (Å²) in [5.41, 5.74) is 7.62. The van der Waals surface area contributed by atoms with Crippen molar-refractivity contribution in [3.63, 3.8) is 0 Å². The van der Waals surface area contributed by atoms with Gasteiger partial charge in [0.1, 0.15) is 10.7 Å². The van der Waals surface area contributed by atoms with E-state index in [0.717, 1.165) is 0 Å². The van der Waals surface area contributed by atoms with Gasteiger partial charge < -0.3 is 15.8 Å². The second-order valence-corrected chi connectivity index (χ2v) is 8.29. The summed E-state index contributed by atoms with van der Waals surface area (Å²) in [7, 11) is -2.47. The van der Waals surface area contributed by atoms with Crippen LogP contribution in [0.1, 0.15) is 21.5 Å². The molecule has 0 atom stereocenters. The highest BCUT2D eigenvalue weighted by atomic mass is 32.2. The lowest BCUT2D eigenvalue weighted by molar-refractivity contribution is 0.100. The molecule has 0 aliphatic carbocycles. The third kappa shape index (κ3) is 3.93. The van der Waals surface area contributed by atoms with E-state index < -0.39 is 15.9 Å². The largest absolute Gasteiger partial charge is 0.497 e. The Kier molecular flexibility index (Phi) is 5.31. The SMILES string of the molecule is COc1ccc(C2=C(c3ccccc3)C(Nc3ccccc3C(N)=O)=NS2(=O)=O)cc1. The Labute approximate surface area is 179 Å². The molecule has 8 heteroatoms. The van der Waals surface area contributed by atoms with Crippen LogP contribution < -0.4 is 15.8 Å². The van der Waals surface area contributed by atoms with Crippen molar-refractivity contribution in [2.24, 2.45) is 10.1 Å². The number of hydrogen-bond donors (Lipinski definition) is 2. The first-order valence-electron chi connectivity index (χ1n) is 9.36. The number of rotatable bonds is 5. The van der Waals surface area contributed by atoms with E-state index in [1.54, 1.807) is 60.7 Å². The van der Waals surface area contributed by atoms with E-state index >= 15 is 0 Å². The molecule has 156 valence electrons. The van der Waals surface area contributed by atoms with Gasteiger partial charge in [0.2, 0.25) is 0 Å². The molecule has 3 aromatic carbocycles. The van der Waals surface area contributed by atoms with Crippen LogP contribution in [0, 0.1) is 0 Å². The van der Waals surface area contributed by atoms with Crippen molar-refractivity contribution in [3.05, 3.63) is 95.6 Å². The third-order valence-electron chi connectivity index (χ3n) is 4.79. The number of para-hydroxylation sites is 1. The second kappa shape index (κ2) is 8.08. The Bertz CT molecular complexity index is 1310. The third-order valence-corrected chi connectivity index (χ3v) is 6.17. The van der Waals surface area contributed by atoms with Crippen molar-refractivity contribution in [1.29, 1.82) is 0 Å². The number of anilines is 1. The van der Waals surface area contributed by atoms with Crippen LogP contribution in [0.25, 0.3) is 10.5 Å². The summed E-state index contributed by atoms with van der Waals surface area (Å²) in [6.45, 7) is 0. The van der Waals surface area contributed by atoms with E-state index in [2.05, 4.69) is 9.71 Å². The van der Waals surface area contributed by atoms with Crippen LogP contribution >= 0.6 is 0 Å². The van der Waals surface area contributed by atoms with Crippen molar-refractivity contribution in [2.75, 3.05) is 12.4 Å². The van der Waals surface area contributed by atoms with E-state index in [1.165, 1.54) is 7.11 Å². The maximum absolute atomic E-state index is 13.1. The maximum atomic E-state index is 13.1. The van der Waals surface area contributed by atoms with Gasteiger partial charge in [-0.05, 0) is 47.5 Å². The van der Waals surface area contributed by atoms with Crippen LogP contribution in [0.15, 0.2) is 83.3 Å². The molecule has 0 saturated carbocycles. The number of methoxy groups -OCH3 is 1. The van der Waals surface area contributed by atoms with Crippen molar-refractivity contribution in [3.8, 4) is 5.75 Å². The molecule has 0 fully saturated rings. The highest BCUT2D eigenvalue weighted by Crippen LogP contribution is 2.39. The molecule has 3 aromatic rings. The summed E-state index contributed by atoms with van der Waals surface area (Å²) < 4.78 is 35.4. The molecule has 4 rings (SSSR count). The fraction of sp³-hybridized carbons (Fsp3) is 0.0435. The molecule has 0 unspecified atom stereocenters. The van der Waals surface area contributed by atoms with E-state index in [4.69, 9.17) is 10.5 Å². The maximum Gasteiger partial charge on any atom is 0.285 e. The molecule has 1 aliphatic heterocycles. The molecule has 0 saturated heterocycles. The number of ether oxygens (including phenoxy) is 1. The Morgan fingerprint density at radius 3 is 2.19 bits per heavy atom. The molecule has 7 nitrogen and oxygen atoms in total. The summed E-state index contributed by atoms with van der Waals surface area (Å²) in [6.07, 6.45) is 0. The van der Waals surface area contributed by atoms with Gasteiger partial charge in [-0.1, -0.05) is 42.5 Å². The van der Waals surface area contributed by atoms with Gasteiger partial charge in [-0.15, -0.1) is 4.40 Å².